The average Bonchev–Trinajstić information content (AvgIpc) is 2.81. The Kier molecular flexibility index (Phi) is 4.35. The number of fused-ring (bicyclic) bond motifs is 6. The zero-order chi connectivity index (χ0) is 21.4. The molecule has 0 aromatic carbocycles. The van der Waals surface area contributed by atoms with Crippen LogP contribution in [0.15, 0.2) is 25.0 Å². The molecule has 0 spiro atoms. The Morgan fingerprint density at radius 3 is 1.33 bits per heavy atom. The third-order valence-electron chi connectivity index (χ3n) is 5.28. The molecule has 1 N–H and O–H groups in total. The van der Waals surface area contributed by atoms with E-state index in [0.717, 1.165) is 0 Å². The van der Waals surface area contributed by atoms with Crippen LogP contribution in [0.3, 0.4) is 0 Å². The Morgan fingerprint density at radius 2 is 0.933 bits per heavy atom. The highest BCUT2D eigenvalue weighted by Gasteiger charge is 2.56. The van der Waals surface area contributed by atoms with Gasteiger partial charge in [-0.1, -0.05) is 0 Å². The van der Waals surface area contributed by atoms with E-state index in [1.807, 2.05) is 36.4 Å². The lowest BCUT2D eigenvalue weighted by molar-refractivity contribution is 0.206. The fraction of sp³-hybridized carbons (Fsp3) is 0.389. The average molecular weight is 392 g/mol. The number of hydrogen-bond acceptors (Lipinski definition) is 12. The molecular formula is C18H8N12. The van der Waals surface area contributed by atoms with Crippen LogP contribution in [0.4, 0.5) is 0 Å². The summed E-state index contributed by atoms with van der Waals surface area (Å²) in [5.74, 6) is 0. The van der Waals surface area contributed by atoms with Gasteiger partial charge in [0.1, 0.15) is 60.2 Å². The van der Waals surface area contributed by atoms with E-state index in [1.54, 1.807) is 0 Å². The van der Waals surface area contributed by atoms with Crippen LogP contribution in [-0.4, -0.2) is 70.9 Å². The fourth-order valence-corrected chi connectivity index (χ4v) is 4.07. The Labute approximate surface area is 169 Å². The second-order valence-electron chi connectivity index (χ2n) is 6.69. The number of aliphatic imine (C=N–C) groups is 5. The largest absolute Gasteiger partial charge is 0.289 e. The quantitative estimate of drug-likeness (QED) is 0.516. The molecule has 1 aliphatic carbocycles. The molecule has 0 aromatic heterocycles. The molecule has 12 heteroatoms. The van der Waals surface area contributed by atoms with Gasteiger partial charge in [0.05, 0.1) is 24.2 Å². The molecule has 3 aliphatic heterocycles. The minimum absolute atomic E-state index is 0.0405. The highest BCUT2D eigenvalue weighted by molar-refractivity contribution is 6.54. The molecule has 12 nitrogen and oxygen atoms in total. The Morgan fingerprint density at radius 1 is 0.533 bits per heavy atom. The van der Waals surface area contributed by atoms with Crippen LogP contribution < -0.4 is 5.32 Å². The molecule has 30 heavy (non-hydrogen) atoms. The first kappa shape index (κ1) is 18.6. The van der Waals surface area contributed by atoms with Crippen LogP contribution in [-0.2, 0) is 0 Å². The van der Waals surface area contributed by atoms with Crippen molar-refractivity contribution in [2.75, 3.05) is 0 Å². The predicted octanol–water partition coefficient (Wildman–Crippen LogP) is -1.44. The molecule has 0 aromatic rings. The SMILES string of the molecule is N#CC1=NC2C3N=C(C#N)C(C#N)=NC3C3NC(C#N)C(C#N)=NC3C2N=C1C#N. The number of rotatable bonds is 0. The number of nitrogens with one attached hydrogen (secondary N) is 1. The standard InChI is InChI=1S/C18H8N12/c19-1-7-8(2-20)26-14-13(25-7)15-17(29-10(4-22)9(3-21)27-15)18-16(14)28-11(5-23)12(6-24)30-18/h7,13-18,25H. The third-order valence-corrected chi connectivity index (χ3v) is 5.28. The molecule has 7 atom stereocenters. The first-order valence-corrected chi connectivity index (χ1v) is 8.66. The maximum atomic E-state index is 9.40. The van der Waals surface area contributed by atoms with E-state index in [9.17, 15) is 31.6 Å². The maximum absolute atomic E-state index is 9.40. The van der Waals surface area contributed by atoms with Crippen LogP contribution in [0.5, 0.6) is 0 Å². The van der Waals surface area contributed by atoms with Gasteiger partial charge < -0.3 is 0 Å². The summed E-state index contributed by atoms with van der Waals surface area (Å²) in [6, 6.07) is 5.81. The molecular weight excluding hydrogens is 384 g/mol. The number of hydrogen-bond donors (Lipinski definition) is 1. The van der Waals surface area contributed by atoms with Gasteiger partial charge in [0, 0.05) is 0 Å². The molecule has 0 bridgehead atoms. The molecule has 1 fully saturated rings. The zero-order valence-corrected chi connectivity index (χ0v) is 15.0. The Balaban J connectivity index is 1.92. The summed E-state index contributed by atoms with van der Waals surface area (Å²) in [7, 11) is 0. The zero-order valence-electron chi connectivity index (χ0n) is 15.0. The molecule has 3 heterocycles. The molecule has 0 amide bonds. The highest BCUT2D eigenvalue weighted by Crippen LogP contribution is 2.37. The van der Waals surface area contributed by atoms with Crippen molar-refractivity contribution >= 4 is 28.6 Å². The smallest absolute Gasteiger partial charge is 0.172 e. The summed E-state index contributed by atoms with van der Waals surface area (Å²) in [6.07, 6.45) is 0. The first-order valence-electron chi connectivity index (χ1n) is 8.66. The summed E-state index contributed by atoms with van der Waals surface area (Å²) in [5, 5.41) is 59.2. The van der Waals surface area contributed by atoms with E-state index >= 15 is 0 Å². The second-order valence-corrected chi connectivity index (χ2v) is 6.69. The third kappa shape index (κ3) is 2.55. The van der Waals surface area contributed by atoms with Gasteiger partial charge >= 0.3 is 0 Å². The minimum Gasteiger partial charge on any atom is -0.289 e. The summed E-state index contributed by atoms with van der Waals surface area (Å²) < 4.78 is 0. The minimum atomic E-state index is -0.989. The molecule has 140 valence electrons. The van der Waals surface area contributed by atoms with Gasteiger partial charge in [0.25, 0.3) is 0 Å². The molecule has 0 saturated heterocycles. The van der Waals surface area contributed by atoms with Crippen LogP contribution in [0.1, 0.15) is 0 Å². The van der Waals surface area contributed by atoms with E-state index in [-0.39, 0.29) is 28.6 Å². The highest BCUT2D eigenvalue weighted by atomic mass is 15.2. The van der Waals surface area contributed by atoms with Gasteiger partial charge in [-0.05, 0) is 0 Å². The lowest BCUT2D eigenvalue weighted by atomic mass is 9.73. The molecule has 4 aliphatic rings. The van der Waals surface area contributed by atoms with Crippen molar-refractivity contribution in [1.29, 1.82) is 31.6 Å². The van der Waals surface area contributed by atoms with Crippen LogP contribution in [0, 0.1) is 68.0 Å². The maximum Gasteiger partial charge on any atom is 0.172 e. The molecule has 7 unspecified atom stereocenters. The normalized spacial score (nSPS) is 35.7. The lowest BCUT2D eigenvalue weighted by Crippen LogP contribution is -2.70. The van der Waals surface area contributed by atoms with Gasteiger partial charge in [-0.25, -0.2) is 0 Å². The van der Waals surface area contributed by atoms with Gasteiger partial charge in [0.2, 0.25) is 0 Å². The van der Waals surface area contributed by atoms with Crippen molar-refractivity contribution < 1.29 is 0 Å². The van der Waals surface area contributed by atoms with Crippen LogP contribution in [0.2, 0.25) is 0 Å². The first-order chi connectivity index (χ1) is 14.6. The van der Waals surface area contributed by atoms with Gasteiger partial charge in [-0.2, -0.15) is 31.6 Å². The Bertz CT molecular complexity index is 1210. The molecule has 4 rings (SSSR count). The summed E-state index contributed by atoms with van der Waals surface area (Å²) in [4.78, 5) is 21.8. The topological polar surface area (TPSA) is 217 Å². The fourth-order valence-electron chi connectivity index (χ4n) is 4.07. The van der Waals surface area contributed by atoms with E-state index in [0.29, 0.717) is 0 Å². The van der Waals surface area contributed by atoms with E-state index in [2.05, 4.69) is 30.3 Å². The van der Waals surface area contributed by atoms with E-state index in [1.165, 1.54) is 0 Å². The van der Waals surface area contributed by atoms with Crippen molar-refractivity contribution in [3.63, 3.8) is 0 Å². The van der Waals surface area contributed by atoms with Crippen molar-refractivity contribution in [3.05, 3.63) is 0 Å². The van der Waals surface area contributed by atoms with Crippen molar-refractivity contribution in [2.24, 2.45) is 25.0 Å². The van der Waals surface area contributed by atoms with Gasteiger partial charge in [-0.3, -0.25) is 30.3 Å². The lowest BCUT2D eigenvalue weighted by Gasteiger charge is -2.48. The van der Waals surface area contributed by atoms with Crippen molar-refractivity contribution in [2.45, 2.75) is 42.3 Å². The van der Waals surface area contributed by atoms with Gasteiger partial charge in [-0.15, -0.1) is 0 Å². The second kappa shape index (κ2) is 7.01. The van der Waals surface area contributed by atoms with E-state index < -0.39 is 42.3 Å². The summed E-state index contributed by atoms with van der Waals surface area (Å²) in [6.45, 7) is 0. The van der Waals surface area contributed by atoms with Crippen LogP contribution in [0.25, 0.3) is 0 Å². The molecule has 0 radical (unpaired) electrons. The summed E-state index contributed by atoms with van der Waals surface area (Å²) >= 11 is 0. The Hall–Kier alpha value is -4.75. The van der Waals surface area contributed by atoms with Crippen molar-refractivity contribution in [1.82, 2.24) is 5.32 Å². The number of nitrogens with zero attached hydrogens (tertiary/aromatic N) is 11. The van der Waals surface area contributed by atoms with Gasteiger partial charge in [0.15, 0.2) is 22.8 Å². The summed E-state index contributed by atoms with van der Waals surface area (Å²) in [5.41, 5.74) is -0.672. The predicted molar refractivity (Wildman–Crippen MR) is 101 cm³/mol. The van der Waals surface area contributed by atoms with Crippen LogP contribution >= 0.6 is 0 Å². The monoisotopic (exact) mass is 392 g/mol. The van der Waals surface area contributed by atoms with E-state index in [4.69, 9.17) is 0 Å². The number of nitriles is 6. The molecule has 1 saturated carbocycles. The van der Waals surface area contributed by atoms with Crippen molar-refractivity contribution in [3.8, 4) is 36.4 Å².